The molecule has 1 saturated heterocycles. The summed E-state index contributed by atoms with van der Waals surface area (Å²) in [6.45, 7) is 4.70. The zero-order chi connectivity index (χ0) is 13.1. The Balaban J connectivity index is 2.31. The van der Waals surface area contributed by atoms with Gasteiger partial charge in [-0.05, 0) is 12.1 Å². The zero-order valence-electron chi connectivity index (χ0n) is 10.6. The third kappa shape index (κ3) is 2.30. The Morgan fingerprint density at radius 2 is 1.94 bits per heavy atom. The number of carbonyl (C=O) groups excluding carboxylic acids is 2. The van der Waals surface area contributed by atoms with Crippen LogP contribution in [0, 0.1) is 5.92 Å². The van der Waals surface area contributed by atoms with Gasteiger partial charge in [-0.25, -0.2) is 4.79 Å². The van der Waals surface area contributed by atoms with Gasteiger partial charge in [-0.3, -0.25) is 9.80 Å². The molecule has 1 aromatic rings. The van der Waals surface area contributed by atoms with Crippen molar-refractivity contribution in [1.82, 2.24) is 10.3 Å². The van der Waals surface area contributed by atoms with Crippen molar-refractivity contribution in [2.45, 2.75) is 13.8 Å². The van der Waals surface area contributed by atoms with Crippen molar-refractivity contribution in [2.75, 3.05) is 18.1 Å². The van der Waals surface area contributed by atoms with Crippen molar-refractivity contribution in [3.63, 3.8) is 0 Å². The van der Waals surface area contributed by atoms with Crippen LogP contribution in [0.2, 0.25) is 0 Å². The van der Waals surface area contributed by atoms with Gasteiger partial charge in [0, 0.05) is 12.5 Å². The van der Waals surface area contributed by atoms with E-state index < -0.39 is 0 Å². The maximum Gasteiger partial charge on any atom is 0.343 e. The third-order valence-electron chi connectivity index (χ3n) is 2.79. The summed E-state index contributed by atoms with van der Waals surface area (Å²) >= 11 is 0. The van der Waals surface area contributed by atoms with E-state index in [1.807, 2.05) is 30.3 Å². The standard InChI is InChI=1S/C13H17N3O2/c1-10(2)12(17)16-13(18)14-8-9-15(16)11-6-4-3-5-7-11/h3-7,10H,8-9H2,1-2H3,(H,14,18). The van der Waals surface area contributed by atoms with E-state index in [9.17, 15) is 9.59 Å². The summed E-state index contributed by atoms with van der Waals surface area (Å²) in [5, 5.41) is 5.61. The number of hydrogen-bond acceptors (Lipinski definition) is 3. The molecule has 1 fully saturated rings. The molecule has 0 spiro atoms. The molecule has 1 aliphatic heterocycles. The quantitative estimate of drug-likeness (QED) is 0.864. The Morgan fingerprint density at radius 1 is 1.28 bits per heavy atom. The molecule has 0 saturated carbocycles. The Kier molecular flexibility index (Phi) is 3.50. The molecule has 1 aromatic carbocycles. The summed E-state index contributed by atoms with van der Waals surface area (Å²) in [7, 11) is 0. The van der Waals surface area contributed by atoms with Crippen molar-refractivity contribution < 1.29 is 9.59 Å². The molecule has 2 rings (SSSR count). The maximum absolute atomic E-state index is 12.1. The minimum absolute atomic E-state index is 0.198. The lowest BCUT2D eigenvalue weighted by atomic mass is 10.2. The molecule has 3 amide bonds. The summed E-state index contributed by atoms with van der Waals surface area (Å²) in [6.07, 6.45) is 0. The minimum atomic E-state index is -0.358. The molecule has 5 heteroatoms. The van der Waals surface area contributed by atoms with Crippen molar-refractivity contribution in [3.05, 3.63) is 30.3 Å². The molecule has 1 aliphatic rings. The van der Waals surface area contributed by atoms with Gasteiger partial charge in [-0.15, -0.1) is 0 Å². The van der Waals surface area contributed by atoms with E-state index in [4.69, 9.17) is 0 Å². The van der Waals surface area contributed by atoms with Crippen LogP contribution >= 0.6 is 0 Å². The number of urea groups is 1. The highest BCUT2D eigenvalue weighted by molar-refractivity contribution is 5.97. The van der Waals surface area contributed by atoms with Crippen LogP contribution in [0.4, 0.5) is 10.5 Å². The van der Waals surface area contributed by atoms with Gasteiger partial charge in [0.05, 0.1) is 12.2 Å². The average Bonchev–Trinajstić information content (AvgIpc) is 2.38. The summed E-state index contributed by atoms with van der Waals surface area (Å²) in [4.78, 5) is 24.0. The van der Waals surface area contributed by atoms with Crippen LogP contribution in [0.25, 0.3) is 0 Å². The fraction of sp³-hybridized carbons (Fsp3) is 0.385. The number of hydrogen-bond donors (Lipinski definition) is 1. The molecule has 0 radical (unpaired) electrons. The van der Waals surface area contributed by atoms with E-state index >= 15 is 0 Å². The van der Waals surface area contributed by atoms with Gasteiger partial charge in [0.2, 0.25) is 0 Å². The fourth-order valence-electron chi connectivity index (χ4n) is 1.86. The van der Waals surface area contributed by atoms with E-state index in [-0.39, 0.29) is 17.9 Å². The number of nitrogens with zero attached hydrogens (tertiary/aromatic N) is 2. The SMILES string of the molecule is CC(C)C(=O)N1C(=O)NCCN1c1ccccc1. The molecule has 0 aromatic heterocycles. The van der Waals surface area contributed by atoms with E-state index in [2.05, 4.69) is 5.32 Å². The molecule has 18 heavy (non-hydrogen) atoms. The molecule has 5 nitrogen and oxygen atoms in total. The van der Waals surface area contributed by atoms with Gasteiger partial charge in [0.25, 0.3) is 5.91 Å². The largest absolute Gasteiger partial charge is 0.343 e. The van der Waals surface area contributed by atoms with E-state index in [0.29, 0.717) is 13.1 Å². The van der Waals surface area contributed by atoms with E-state index in [1.165, 1.54) is 5.01 Å². The number of nitrogens with one attached hydrogen (secondary N) is 1. The lowest BCUT2D eigenvalue weighted by molar-refractivity contribution is -0.132. The molecule has 1 N–H and O–H groups in total. The van der Waals surface area contributed by atoms with Crippen LogP contribution in [0.1, 0.15) is 13.8 Å². The van der Waals surface area contributed by atoms with Crippen molar-refractivity contribution in [1.29, 1.82) is 0 Å². The minimum Gasteiger partial charge on any atom is -0.334 e. The number of rotatable bonds is 2. The van der Waals surface area contributed by atoms with Crippen LogP contribution < -0.4 is 10.3 Å². The Labute approximate surface area is 106 Å². The predicted octanol–water partition coefficient (Wildman–Crippen LogP) is 1.62. The van der Waals surface area contributed by atoms with Crippen LogP contribution in [0.15, 0.2) is 30.3 Å². The Morgan fingerprint density at radius 3 is 2.56 bits per heavy atom. The molecule has 0 unspecified atom stereocenters. The second-order valence-electron chi connectivity index (χ2n) is 4.50. The van der Waals surface area contributed by atoms with Gasteiger partial charge in [0.1, 0.15) is 0 Å². The highest BCUT2D eigenvalue weighted by Crippen LogP contribution is 2.19. The first-order valence-electron chi connectivity index (χ1n) is 6.05. The molecule has 0 atom stereocenters. The number of carbonyl (C=O) groups is 2. The van der Waals surface area contributed by atoms with Gasteiger partial charge in [-0.1, -0.05) is 32.0 Å². The van der Waals surface area contributed by atoms with Crippen LogP contribution in [-0.4, -0.2) is 30.0 Å². The van der Waals surface area contributed by atoms with Crippen LogP contribution in [-0.2, 0) is 4.79 Å². The lowest BCUT2D eigenvalue weighted by Crippen LogP contribution is -2.61. The topological polar surface area (TPSA) is 52.7 Å². The number of para-hydroxylation sites is 1. The smallest absolute Gasteiger partial charge is 0.334 e. The molecule has 1 heterocycles. The van der Waals surface area contributed by atoms with E-state index in [1.54, 1.807) is 18.9 Å². The lowest BCUT2D eigenvalue weighted by Gasteiger charge is -2.39. The summed E-state index contributed by atoms with van der Waals surface area (Å²) in [5.74, 6) is -0.420. The number of anilines is 1. The molecular formula is C13H17N3O2. The molecule has 0 aliphatic carbocycles. The highest BCUT2D eigenvalue weighted by atomic mass is 16.2. The normalized spacial score (nSPS) is 15.8. The molecule has 0 bridgehead atoms. The first-order valence-corrected chi connectivity index (χ1v) is 6.05. The van der Waals surface area contributed by atoms with Gasteiger partial charge >= 0.3 is 6.03 Å². The Bertz CT molecular complexity index is 445. The first kappa shape index (κ1) is 12.4. The average molecular weight is 247 g/mol. The number of hydrazine groups is 1. The van der Waals surface area contributed by atoms with Gasteiger partial charge in [0.15, 0.2) is 0 Å². The highest BCUT2D eigenvalue weighted by Gasteiger charge is 2.32. The summed E-state index contributed by atoms with van der Waals surface area (Å²) in [6, 6.07) is 9.10. The molecule has 96 valence electrons. The number of imide groups is 1. The number of amides is 3. The number of benzene rings is 1. The van der Waals surface area contributed by atoms with Crippen molar-refractivity contribution >= 4 is 17.6 Å². The Hall–Kier alpha value is -2.04. The van der Waals surface area contributed by atoms with Crippen molar-refractivity contribution in [3.8, 4) is 0 Å². The summed E-state index contributed by atoms with van der Waals surface area (Å²) in [5.41, 5.74) is 0.848. The van der Waals surface area contributed by atoms with Gasteiger partial charge in [-0.2, -0.15) is 5.01 Å². The van der Waals surface area contributed by atoms with Crippen molar-refractivity contribution in [2.24, 2.45) is 5.92 Å². The monoisotopic (exact) mass is 247 g/mol. The summed E-state index contributed by atoms with van der Waals surface area (Å²) < 4.78 is 0. The van der Waals surface area contributed by atoms with E-state index in [0.717, 1.165) is 5.69 Å². The third-order valence-corrected chi connectivity index (χ3v) is 2.79. The second-order valence-corrected chi connectivity index (χ2v) is 4.50. The second kappa shape index (κ2) is 5.08. The van der Waals surface area contributed by atoms with Crippen LogP contribution in [0.3, 0.4) is 0 Å². The molecular weight excluding hydrogens is 230 g/mol. The fourth-order valence-corrected chi connectivity index (χ4v) is 1.86. The maximum atomic E-state index is 12.1. The first-order chi connectivity index (χ1) is 8.61. The van der Waals surface area contributed by atoms with Crippen LogP contribution in [0.5, 0.6) is 0 Å². The van der Waals surface area contributed by atoms with Gasteiger partial charge < -0.3 is 5.32 Å². The zero-order valence-corrected chi connectivity index (χ0v) is 10.6. The predicted molar refractivity (Wildman–Crippen MR) is 68.9 cm³/mol.